The van der Waals surface area contributed by atoms with Crippen molar-refractivity contribution in [2.75, 3.05) is 12.4 Å². The van der Waals surface area contributed by atoms with E-state index in [9.17, 15) is 4.79 Å². The summed E-state index contributed by atoms with van der Waals surface area (Å²) in [5.41, 5.74) is 4.25. The van der Waals surface area contributed by atoms with Crippen molar-refractivity contribution >= 4 is 28.6 Å². The van der Waals surface area contributed by atoms with Crippen LogP contribution >= 0.6 is 0 Å². The van der Waals surface area contributed by atoms with Crippen molar-refractivity contribution in [3.05, 3.63) is 72.3 Å². The van der Waals surface area contributed by atoms with Crippen LogP contribution < -0.4 is 15.5 Å². The molecular weight excluding hydrogens is 326 g/mol. The number of nitrogens with zero attached hydrogens (tertiary/aromatic N) is 1. The molecule has 0 spiro atoms. The number of carbonyl (C=O) groups is 1. The number of benzene rings is 3. The molecule has 1 amide bonds. The topological polar surface area (TPSA) is 62.7 Å². The lowest BCUT2D eigenvalue weighted by molar-refractivity contribution is -0.121. The summed E-state index contributed by atoms with van der Waals surface area (Å²) in [7, 11) is 1.60. The number of nitrogens with one attached hydrogen (secondary N) is 2. The van der Waals surface area contributed by atoms with Crippen molar-refractivity contribution in [2.45, 2.75) is 13.0 Å². The molecule has 26 heavy (non-hydrogen) atoms. The fraction of sp³-hybridized carbons (Fsp3) is 0.143. The van der Waals surface area contributed by atoms with Gasteiger partial charge in [0.1, 0.15) is 11.8 Å². The Kier molecular flexibility index (Phi) is 5.49. The molecule has 0 aliphatic carbocycles. The third-order valence-electron chi connectivity index (χ3n) is 4.03. The van der Waals surface area contributed by atoms with Crippen LogP contribution in [0.15, 0.2) is 71.8 Å². The summed E-state index contributed by atoms with van der Waals surface area (Å²) in [6.07, 6.45) is 1.64. The molecule has 3 aromatic rings. The van der Waals surface area contributed by atoms with Gasteiger partial charge in [0.25, 0.3) is 5.91 Å². The first-order valence-corrected chi connectivity index (χ1v) is 8.38. The van der Waals surface area contributed by atoms with Gasteiger partial charge < -0.3 is 10.1 Å². The average molecular weight is 347 g/mol. The fourth-order valence-electron chi connectivity index (χ4n) is 2.62. The van der Waals surface area contributed by atoms with Gasteiger partial charge in [0, 0.05) is 0 Å². The van der Waals surface area contributed by atoms with Gasteiger partial charge in [-0.3, -0.25) is 4.79 Å². The average Bonchev–Trinajstić information content (AvgIpc) is 2.68. The highest BCUT2D eigenvalue weighted by Gasteiger charge is 2.13. The van der Waals surface area contributed by atoms with Gasteiger partial charge in [0.15, 0.2) is 0 Å². The first-order valence-electron chi connectivity index (χ1n) is 8.38. The van der Waals surface area contributed by atoms with Crippen LogP contribution in [0.5, 0.6) is 5.75 Å². The summed E-state index contributed by atoms with van der Waals surface area (Å²) >= 11 is 0. The lowest BCUT2D eigenvalue weighted by Gasteiger charge is -2.15. The summed E-state index contributed by atoms with van der Waals surface area (Å²) in [6.45, 7) is 1.77. The van der Waals surface area contributed by atoms with Crippen molar-refractivity contribution in [1.82, 2.24) is 5.43 Å². The Balaban J connectivity index is 1.60. The van der Waals surface area contributed by atoms with Crippen molar-refractivity contribution in [3.8, 4) is 5.75 Å². The molecule has 0 saturated carbocycles. The van der Waals surface area contributed by atoms with E-state index in [-0.39, 0.29) is 5.91 Å². The maximum absolute atomic E-state index is 12.2. The molecule has 0 saturated heterocycles. The van der Waals surface area contributed by atoms with Gasteiger partial charge >= 0.3 is 0 Å². The lowest BCUT2D eigenvalue weighted by Crippen LogP contribution is -2.35. The Morgan fingerprint density at radius 2 is 1.77 bits per heavy atom. The lowest BCUT2D eigenvalue weighted by atomic mass is 10.1. The Bertz CT molecular complexity index is 937. The standard InChI is InChI=1S/C21H21N3O2/c1-15(23-19-9-5-6-10-20(19)26-2)21(25)24-22-14-16-11-12-17-7-3-4-8-18(17)13-16/h3-15,23H,1-2H3,(H,24,25)/b22-14+. The number of methoxy groups -OCH3 is 1. The minimum absolute atomic E-state index is 0.229. The Labute approximate surface area is 152 Å². The maximum Gasteiger partial charge on any atom is 0.262 e. The molecule has 2 N–H and O–H groups in total. The summed E-state index contributed by atoms with van der Waals surface area (Å²) < 4.78 is 5.28. The van der Waals surface area contributed by atoms with Crippen molar-refractivity contribution < 1.29 is 9.53 Å². The van der Waals surface area contributed by atoms with Gasteiger partial charge in [-0.2, -0.15) is 5.10 Å². The van der Waals surface area contributed by atoms with E-state index in [0.717, 1.165) is 16.6 Å². The third kappa shape index (κ3) is 4.19. The molecule has 0 fully saturated rings. The first kappa shape index (κ1) is 17.5. The second-order valence-corrected chi connectivity index (χ2v) is 5.91. The Morgan fingerprint density at radius 3 is 2.58 bits per heavy atom. The number of carbonyl (C=O) groups excluding carboxylic acids is 1. The van der Waals surface area contributed by atoms with E-state index in [0.29, 0.717) is 5.75 Å². The molecule has 0 heterocycles. The number of fused-ring (bicyclic) bond motifs is 1. The highest BCUT2D eigenvalue weighted by atomic mass is 16.5. The first-order chi connectivity index (χ1) is 12.7. The Morgan fingerprint density at radius 1 is 1.04 bits per heavy atom. The van der Waals surface area contributed by atoms with Crippen LogP contribution in [-0.2, 0) is 4.79 Å². The summed E-state index contributed by atoms with van der Waals surface area (Å²) in [5.74, 6) is 0.458. The van der Waals surface area contributed by atoms with Gasteiger partial charge in [-0.15, -0.1) is 0 Å². The monoisotopic (exact) mass is 347 g/mol. The molecule has 0 aliphatic rings. The van der Waals surface area contributed by atoms with Crippen molar-refractivity contribution in [2.24, 2.45) is 5.10 Å². The summed E-state index contributed by atoms with van der Waals surface area (Å²) in [6, 6.07) is 21.1. The van der Waals surface area contributed by atoms with E-state index in [1.54, 1.807) is 20.2 Å². The van der Waals surface area contributed by atoms with Crippen LogP contribution in [0.4, 0.5) is 5.69 Å². The van der Waals surface area contributed by atoms with E-state index in [1.165, 1.54) is 5.39 Å². The third-order valence-corrected chi connectivity index (χ3v) is 4.03. The van der Waals surface area contributed by atoms with Gasteiger partial charge in [-0.1, -0.05) is 48.5 Å². The van der Waals surface area contributed by atoms with E-state index in [4.69, 9.17) is 4.74 Å². The van der Waals surface area contributed by atoms with Crippen LogP contribution in [-0.4, -0.2) is 25.3 Å². The van der Waals surface area contributed by atoms with E-state index in [2.05, 4.69) is 21.9 Å². The summed E-state index contributed by atoms with van der Waals surface area (Å²) in [5, 5.41) is 9.48. The van der Waals surface area contributed by atoms with Crippen LogP contribution in [0.1, 0.15) is 12.5 Å². The van der Waals surface area contributed by atoms with Crippen molar-refractivity contribution in [3.63, 3.8) is 0 Å². The molecule has 132 valence electrons. The zero-order valence-corrected chi connectivity index (χ0v) is 14.8. The smallest absolute Gasteiger partial charge is 0.262 e. The molecule has 5 nitrogen and oxygen atoms in total. The molecule has 0 bridgehead atoms. The van der Waals surface area contributed by atoms with Crippen LogP contribution in [0.3, 0.4) is 0 Å². The SMILES string of the molecule is COc1ccccc1NC(C)C(=O)N/N=C/c1ccc2ccccc2c1. The highest BCUT2D eigenvalue weighted by molar-refractivity contribution is 5.91. The Hall–Kier alpha value is -3.34. The molecule has 1 atom stereocenters. The number of hydrogen-bond acceptors (Lipinski definition) is 4. The minimum atomic E-state index is -0.458. The van der Waals surface area contributed by atoms with Gasteiger partial charge in [0.05, 0.1) is 19.0 Å². The molecule has 1 unspecified atom stereocenters. The van der Waals surface area contributed by atoms with Crippen LogP contribution in [0.25, 0.3) is 10.8 Å². The van der Waals surface area contributed by atoms with Gasteiger partial charge in [0.2, 0.25) is 0 Å². The number of hydrazone groups is 1. The number of ether oxygens (including phenoxy) is 1. The molecule has 3 aromatic carbocycles. The van der Waals surface area contributed by atoms with E-state index in [1.807, 2.05) is 60.7 Å². The number of para-hydroxylation sites is 2. The number of anilines is 1. The zero-order chi connectivity index (χ0) is 18.4. The molecule has 3 rings (SSSR count). The normalized spacial score (nSPS) is 12.1. The van der Waals surface area contributed by atoms with Gasteiger partial charge in [-0.05, 0) is 41.5 Å². The quantitative estimate of drug-likeness (QED) is 0.527. The molecule has 0 aromatic heterocycles. The molecule has 0 radical (unpaired) electrons. The summed E-state index contributed by atoms with van der Waals surface area (Å²) in [4.78, 5) is 12.2. The highest BCUT2D eigenvalue weighted by Crippen LogP contribution is 2.23. The second-order valence-electron chi connectivity index (χ2n) is 5.91. The van der Waals surface area contributed by atoms with Crippen LogP contribution in [0.2, 0.25) is 0 Å². The van der Waals surface area contributed by atoms with Crippen LogP contribution in [0, 0.1) is 0 Å². The number of rotatable bonds is 6. The molecule has 5 heteroatoms. The van der Waals surface area contributed by atoms with E-state index < -0.39 is 6.04 Å². The van der Waals surface area contributed by atoms with E-state index >= 15 is 0 Å². The molecular formula is C21H21N3O2. The fourth-order valence-corrected chi connectivity index (χ4v) is 2.62. The maximum atomic E-state index is 12.2. The minimum Gasteiger partial charge on any atom is -0.495 e. The second kappa shape index (κ2) is 8.16. The number of hydrogen-bond donors (Lipinski definition) is 2. The number of amides is 1. The van der Waals surface area contributed by atoms with Crippen molar-refractivity contribution in [1.29, 1.82) is 0 Å². The molecule has 0 aliphatic heterocycles. The zero-order valence-electron chi connectivity index (χ0n) is 14.8. The largest absolute Gasteiger partial charge is 0.495 e. The predicted octanol–water partition coefficient (Wildman–Crippen LogP) is 3.80. The van der Waals surface area contributed by atoms with Gasteiger partial charge in [-0.25, -0.2) is 5.43 Å². The predicted molar refractivity (Wildman–Crippen MR) is 106 cm³/mol.